The number of aryl methyl sites for hydroxylation is 1. The highest BCUT2D eigenvalue weighted by atomic mass is 32.1. The van der Waals surface area contributed by atoms with E-state index in [2.05, 4.69) is 10.3 Å². The first-order chi connectivity index (χ1) is 10.0. The van der Waals surface area contributed by atoms with E-state index in [0.717, 1.165) is 33.0 Å². The van der Waals surface area contributed by atoms with Crippen molar-refractivity contribution in [2.24, 2.45) is 0 Å². The Morgan fingerprint density at radius 1 is 1.19 bits per heavy atom. The summed E-state index contributed by atoms with van der Waals surface area (Å²) in [6.45, 7) is 2.21. The highest BCUT2D eigenvalue weighted by Gasteiger charge is 2.09. The van der Waals surface area contributed by atoms with E-state index in [4.69, 9.17) is 5.11 Å². The molecule has 0 radical (unpaired) electrons. The molecule has 0 unspecified atom stereocenters. The number of hydrogen-bond acceptors (Lipinski definition) is 4. The van der Waals surface area contributed by atoms with Gasteiger partial charge in [0.15, 0.2) is 17.4 Å². The number of fused-ring (bicyclic) bond motifs is 1. The number of aromatic nitrogens is 1. The Balaban J connectivity index is 1.79. The fourth-order valence-electron chi connectivity index (χ4n) is 2.07. The number of aromatic hydroxyl groups is 1. The molecule has 0 aliphatic carbocycles. The third-order valence-electron chi connectivity index (χ3n) is 3.07. The third-order valence-corrected chi connectivity index (χ3v) is 4.00. The summed E-state index contributed by atoms with van der Waals surface area (Å²) < 4.78 is 27.6. The number of nitrogens with zero attached hydrogens (tertiary/aromatic N) is 1. The van der Waals surface area contributed by atoms with Crippen LogP contribution < -0.4 is 5.32 Å². The van der Waals surface area contributed by atoms with Crippen molar-refractivity contribution in [2.45, 2.75) is 13.5 Å². The van der Waals surface area contributed by atoms with Crippen LogP contribution in [0, 0.1) is 18.6 Å². The van der Waals surface area contributed by atoms with Crippen LogP contribution in [0.15, 0.2) is 30.3 Å². The van der Waals surface area contributed by atoms with Gasteiger partial charge in [0, 0.05) is 12.2 Å². The lowest BCUT2D eigenvalue weighted by Crippen LogP contribution is -2.00. The van der Waals surface area contributed by atoms with Gasteiger partial charge in [0.1, 0.15) is 0 Å². The lowest BCUT2D eigenvalue weighted by atomic mass is 10.2. The normalized spacial score (nSPS) is 11.0. The van der Waals surface area contributed by atoms with Gasteiger partial charge in [-0.1, -0.05) is 0 Å². The topological polar surface area (TPSA) is 45.2 Å². The first-order valence-electron chi connectivity index (χ1n) is 6.31. The number of thiazole rings is 1. The van der Waals surface area contributed by atoms with Gasteiger partial charge in [-0.05, 0) is 42.8 Å². The number of anilines is 1. The summed E-state index contributed by atoms with van der Waals surface area (Å²) >= 11 is 1.59. The second-order valence-electron chi connectivity index (χ2n) is 4.68. The molecule has 0 saturated carbocycles. The molecule has 1 aromatic heterocycles. The van der Waals surface area contributed by atoms with Crippen LogP contribution in [0.1, 0.15) is 10.6 Å². The van der Waals surface area contributed by atoms with Gasteiger partial charge in [-0.15, -0.1) is 11.3 Å². The quantitative estimate of drug-likeness (QED) is 0.762. The van der Waals surface area contributed by atoms with Gasteiger partial charge in [0.05, 0.1) is 15.2 Å². The Labute approximate surface area is 123 Å². The molecule has 2 N–H and O–H groups in total. The van der Waals surface area contributed by atoms with E-state index < -0.39 is 17.4 Å². The second kappa shape index (κ2) is 5.29. The van der Waals surface area contributed by atoms with Crippen molar-refractivity contribution in [3.05, 3.63) is 52.5 Å². The minimum atomic E-state index is -0.958. The molecule has 0 atom stereocenters. The minimum absolute atomic E-state index is 0.261. The van der Waals surface area contributed by atoms with E-state index >= 15 is 0 Å². The number of phenols is 1. The zero-order chi connectivity index (χ0) is 15.0. The molecule has 2 aromatic carbocycles. The van der Waals surface area contributed by atoms with Crippen LogP contribution in [0.3, 0.4) is 0 Å². The standard InChI is InChI=1S/C15H12F2N2OS/c1-8-19-13-3-2-10(6-14(13)21-8)18-7-9-4-11(16)15(20)12(17)5-9/h2-6,18,20H,7H2,1H3. The zero-order valence-corrected chi connectivity index (χ0v) is 12.0. The smallest absolute Gasteiger partial charge is 0.187 e. The average molecular weight is 306 g/mol. The van der Waals surface area contributed by atoms with Crippen LogP contribution in [0.2, 0.25) is 0 Å². The summed E-state index contributed by atoms with van der Waals surface area (Å²) in [5.41, 5.74) is 2.20. The molecule has 0 aliphatic rings. The maximum Gasteiger partial charge on any atom is 0.187 e. The highest BCUT2D eigenvalue weighted by Crippen LogP contribution is 2.26. The Morgan fingerprint density at radius 3 is 2.62 bits per heavy atom. The second-order valence-corrected chi connectivity index (χ2v) is 5.91. The molecule has 1 heterocycles. The zero-order valence-electron chi connectivity index (χ0n) is 11.2. The number of hydrogen-bond donors (Lipinski definition) is 2. The van der Waals surface area contributed by atoms with Crippen molar-refractivity contribution in [1.29, 1.82) is 0 Å². The third kappa shape index (κ3) is 2.80. The number of benzene rings is 2. The first kappa shape index (κ1) is 13.8. The fourth-order valence-corrected chi connectivity index (χ4v) is 2.94. The van der Waals surface area contributed by atoms with Gasteiger partial charge in [-0.2, -0.15) is 0 Å². The molecule has 21 heavy (non-hydrogen) atoms. The number of halogens is 2. The van der Waals surface area contributed by atoms with Crippen molar-refractivity contribution < 1.29 is 13.9 Å². The van der Waals surface area contributed by atoms with Crippen molar-refractivity contribution in [3.8, 4) is 5.75 Å². The molecule has 0 amide bonds. The summed E-state index contributed by atoms with van der Waals surface area (Å²) in [7, 11) is 0. The number of rotatable bonds is 3. The lowest BCUT2D eigenvalue weighted by Gasteiger charge is -2.08. The largest absolute Gasteiger partial charge is 0.503 e. The predicted molar refractivity (Wildman–Crippen MR) is 79.7 cm³/mol. The molecular weight excluding hydrogens is 294 g/mol. The Bertz CT molecular complexity index is 794. The van der Waals surface area contributed by atoms with E-state index in [9.17, 15) is 8.78 Å². The molecule has 0 spiro atoms. The van der Waals surface area contributed by atoms with E-state index in [0.29, 0.717) is 5.56 Å². The lowest BCUT2D eigenvalue weighted by molar-refractivity contribution is 0.395. The van der Waals surface area contributed by atoms with Crippen LogP contribution in [0.25, 0.3) is 10.2 Å². The Kier molecular flexibility index (Phi) is 3.47. The van der Waals surface area contributed by atoms with E-state index in [1.165, 1.54) is 0 Å². The number of phenolic OH excluding ortho intramolecular Hbond substituents is 1. The van der Waals surface area contributed by atoms with Crippen LogP contribution in [0.5, 0.6) is 5.75 Å². The predicted octanol–water partition coefficient (Wildman–Crippen LogP) is 4.20. The number of nitrogens with one attached hydrogen (secondary N) is 1. The molecule has 3 nitrogen and oxygen atoms in total. The summed E-state index contributed by atoms with van der Waals surface area (Å²) in [6.07, 6.45) is 0. The van der Waals surface area contributed by atoms with Crippen molar-refractivity contribution in [1.82, 2.24) is 4.98 Å². The van der Waals surface area contributed by atoms with Crippen molar-refractivity contribution >= 4 is 27.2 Å². The van der Waals surface area contributed by atoms with Crippen molar-refractivity contribution in [3.63, 3.8) is 0 Å². The highest BCUT2D eigenvalue weighted by molar-refractivity contribution is 7.18. The van der Waals surface area contributed by atoms with Crippen molar-refractivity contribution in [2.75, 3.05) is 5.32 Å². The van der Waals surface area contributed by atoms with Gasteiger partial charge in [-0.25, -0.2) is 13.8 Å². The summed E-state index contributed by atoms with van der Waals surface area (Å²) in [6, 6.07) is 7.95. The van der Waals surface area contributed by atoms with Gasteiger partial charge in [-0.3, -0.25) is 0 Å². The summed E-state index contributed by atoms with van der Waals surface area (Å²) in [4.78, 5) is 4.37. The van der Waals surface area contributed by atoms with Crippen LogP contribution in [-0.4, -0.2) is 10.1 Å². The van der Waals surface area contributed by atoms with E-state index in [-0.39, 0.29) is 6.54 Å². The first-order valence-corrected chi connectivity index (χ1v) is 7.12. The van der Waals surface area contributed by atoms with Gasteiger partial charge < -0.3 is 10.4 Å². The molecule has 3 aromatic rings. The minimum Gasteiger partial charge on any atom is -0.503 e. The monoisotopic (exact) mass is 306 g/mol. The fraction of sp³-hybridized carbons (Fsp3) is 0.133. The maximum absolute atomic E-state index is 13.3. The molecule has 108 valence electrons. The molecule has 6 heteroatoms. The Morgan fingerprint density at radius 2 is 1.90 bits per heavy atom. The average Bonchev–Trinajstić information content (AvgIpc) is 2.81. The molecule has 0 bridgehead atoms. The van der Waals surface area contributed by atoms with Crippen LogP contribution >= 0.6 is 11.3 Å². The summed E-state index contributed by atoms with van der Waals surface area (Å²) in [5.74, 6) is -2.86. The molecule has 0 fully saturated rings. The molecular formula is C15H12F2N2OS. The van der Waals surface area contributed by atoms with E-state index in [1.807, 2.05) is 25.1 Å². The van der Waals surface area contributed by atoms with Gasteiger partial charge >= 0.3 is 0 Å². The Hall–Kier alpha value is -2.21. The molecule has 3 rings (SSSR count). The van der Waals surface area contributed by atoms with Crippen LogP contribution in [0.4, 0.5) is 14.5 Å². The molecule has 0 saturated heterocycles. The molecule has 0 aliphatic heterocycles. The van der Waals surface area contributed by atoms with Gasteiger partial charge in [0.25, 0.3) is 0 Å². The summed E-state index contributed by atoms with van der Waals surface area (Å²) in [5, 5.41) is 13.2. The van der Waals surface area contributed by atoms with Crippen LogP contribution in [-0.2, 0) is 6.54 Å². The maximum atomic E-state index is 13.3. The SMILES string of the molecule is Cc1nc2ccc(NCc3cc(F)c(O)c(F)c3)cc2s1. The van der Waals surface area contributed by atoms with E-state index in [1.54, 1.807) is 11.3 Å². The van der Waals surface area contributed by atoms with Gasteiger partial charge in [0.2, 0.25) is 0 Å².